The summed E-state index contributed by atoms with van der Waals surface area (Å²) in [6.45, 7) is 3.84. The molecule has 1 aromatic heterocycles. The van der Waals surface area contributed by atoms with Gasteiger partial charge in [-0.05, 0) is 13.8 Å². The topological polar surface area (TPSA) is 72.8 Å². The van der Waals surface area contributed by atoms with Crippen LogP contribution in [0.25, 0.3) is 0 Å². The van der Waals surface area contributed by atoms with Gasteiger partial charge >= 0.3 is 0 Å². The van der Waals surface area contributed by atoms with Gasteiger partial charge in [0.1, 0.15) is 6.54 Å². The van der Waals surface area contributed by atoms with Gasteiger partial charge in [-0.25, -0.2) is 0 Å². The van der Waals surface area contributed by atoms with Crippen LogP contribution in [0.15, 0.2) is 12.4 Å². The molecule has 5 nitrogen and oxygen atoms in total. The predicted molar refractivity (Wildman–Crippen MR) is 50.4 cm³/mol. The molecule has 74 valence electrons. The fraction of sp³-hybridized carbons (Fsp3) is 0.444. The molecule has 0 aliphatic rings. The van der Waals surface area contributed by atoms with Crippen LogP contribution in [0.5, 0.6) is 0 Å². The van der Waals surface area contributed by atoms with Crippen LogP contribution < -0.4 is 0 Å². The number of hydrogen-bond acceptors (Lipinski definition) is 3. The minimum absolute atomic E-state index is 0.0112. The molecule has 0 radical (unpaired) electrons. The molecule has 5 heteroatoms. The van der Waals surface area contributed by atoms with E-state index in [0.29, 0.717) is 5.56 Å². The molecular weight excluding hydrogens is 180 g/mol. The van der Waals surface area contributed by atoms with E-state index >= 15 is 0 Å². The van der Waals surface area contributed by atoms with Gasteiger partial charge in [0.15, 0.2) is 0 Å². The van der Waals surface area contributed by atoms with Crippen LogP contribution in [0.3, 0.4) is 0 Å². The second-order valence-corrected chi connectivity index (χ2v) is 3.17. The average Bonchev–Trinajstić information content (AvgIpc) is 2.65. The van der Waals surface area contributed by atoms with Crippen molar-refractivity contribution in [2.75, 3.05) is 6.54 Å². The summed E-state index contributed by atoms with van der Waals surface area (Å²) in [6.07, 6.45) is 2.98. The molecule has 0 aliphatic heterocycles. The highest BCUT2D eigenvalue weighted by Crippen LogP contribution is 2.05. The number of carbonyl (C=O) groups excluding carboxylic acids is 1. The van der Waals surface area contributed by atoms with E-state index in [2.05, 4.69) is 10.2 Å². The summed E-state index contributed by atoms with van der Waals surface area (Å²) in [5, 5.41) is 14.8. The van der Waals surface area contributed by atoms with Gasteiger partial charge in [-0.1, -0.05) is 0 Å². The first-order chi connectivity index (χ1) is 6.66. The molecule has 0 fully saturated rings. The molecule has 1 heterocycles. The third-order valence-electron chi connectivity index (χ3n) is 1.87. The van der Waals surface area contributed by atoms with Gasteiger partial charge in [0, 0.05) is 12.2 Å². The third kappa shape index (κ3) is 2.10. The van der Waals surface area contributed by atoms with Crippen molar-refractivity contribution >= 4 is 5.91 Å². The molecule has 0 aliphatic carbocycles. The molecule has 1 amide bonds. The Labute approximate surface area is 82.3 Å². The highest BCUT2D eigenvalue weighted by atomic mass is 16.2. The first kappa shape index (κ1) is 10.3. The Kier molecular flexibility index (Phi) is 3.24. The zero-order valence-corrected chi connectivity index (χ0v) is 8.19. The Bertz CT molecular complexity index is 336. The number of H-pyrrole nitrogens is 1. The van der Waals surface area contributed by atoms with Crippen LogP contribution in [-0.2, 0) is 0 Å². The second-order valence-electron chi connectivity index (χ2n) is 3.17. The van der Waals surface area contributed by atoms with Crippen molar-refractivity contribution in [3.8, 4) is 6.07 Å². The Morgan fingerprint density at radius 2 is 2.50 bits per heavy atom. The smallest absolute Gasteiger partial charge is 0.258 e. The molecule has 0 bridgehead atoms. The van der Waals surface area contributed by atoms with Crippen LogP contribution in [0.4, 0.5) is 0 Å². The van der Waals surface area contributed by atoms with Crippen LogP contribution >= 0.6 is 0 Å². The highest BCUT2D eigenvalue weighted by molar-refractivity contribution is 5.94. The van der Waals surface area contributed by atoms with Gasteiger partial charge in [-0.3, -0.25) is 9.89 Å². The quantitative estimate of drug-likeness (QED) is 0.719. The van der Waals surface area contributed by atoms with E-state index in [-0.39, 0.29) is 18.5 Å². The van der Waals surface area contributed by atoms with E-state index in [9.17, 15) is 4.79 Å². The second kappa shape index (κ2) is 4.42. The van der Waals surface area contributed by atoms with Crippen molar-refractivity contribution < 1.29 is 4.79 Å². The molecular formula is C9H12N4O. The molecule has 0 saturated carbocycles. The van der Waals surface area contributed by atoms with Crippen LogP contribution in [-0.4, -0.2) is 33.6 Å². The standard InChI is InChI=1S/C9H12N4O/c1-7(2)13(4-3-10)9(14)8-5-11-12-6-8/h5-7H,4H2,1-2H3,(H,11,12). The fourth-order valence-electron chi connectivity index (χ4n) is 1.10. The molecule has 0 saturated heterocycles. The van der Waals surface area contributed by atoms with Crippen molar-refractivity contribution in [3.05, 3.63) is 18.0 Å². The summed E-state index contributed by atoms with van der Waals surface area (Å²) < 4.78 is 0. The molecule has 1 rings (SSSR count). The van der Waals surface area contributed by atoms with Crippen molar-refractivity contribution in [2.45, 2.75) is 19.9 Å². The minimum Gasteiger partial charge on any atom is -0.323 e. The molecule has 0 unspecified atom stereocenters. The number of rotatable bonds is 3. The lowest BCUT2D eigenvalue weighted by Crippen LogP contribution is -2.37. The Balaban J connectivity index is 2.80. The Morgan fingerprint density at radius 3 is 2.93 bits per heavy atom. The lowest BCUT2D eigenvalue weighted by molar-refractivity contribution is 0.0731. The van der Waals surface area contributed by atoms with Gasteiger partial charge in [0.05, 0.1) is 17.8 Å². The molecule has 0 aromatic carbocycles. The number of carbonyl (C=O) groups is 1. The van der Waals surface area contributed by atoms with E-state index in [1.807, 2.05) is 19.9 Å². The van der Waals surface area contributed by atoms with E-state index in [0.717, 1.165) is 0 Å². The molecule has 0 atom stereocenters. The van der Waals surface area contributed by atoms with E-state index < -0.39 is 0 Å². The normalized spacial score (nSPS) is 9.86. The predicted octanol–water partition coefficient (Wildman–Crippen LogP) is 0.784. The lowest BCUT2D eigenvalue weighted by atomic mass is 10.2. The summed E-state index contributed by atoms with van der Waals surface area (Å²) in [4.78, 5) is 13.2. The number of amides is 1. The van der Waals surface area contributed by atoms with Gasteiger partial charge in [0.2, 0.25) is 0 Å². The highest BCUT2D eigenvalue weighted by Gasteiger charge is 2.18. The molecule has 1 N–H and O–H groups in total. The summed E-state index contributed by atoms with van der Waals surface area (Å²) in [7, 11) is 0. The Morgan fingerprint density at radius 1 is 1.79 bits per heavy atom. The maximum absolute atomic E-state index is 11.8. The van der Waals surface area contributed by atoms with E-state index in [1.54, 1.807) is 0 Å². The number of aromatic nitrogens is 2. The van der Waals surface area contributed by atoms with Crippen molar-refractivity contribution in [2.24, 2.45) is 0 Å². The van der Waals surface area contributed by atoms with Crippen LogP contribution in [0, 0.1) is 11.3 Å². The Hall–Kier alpha value is -1.83. The lowest BCUT2D eigenvalue weighted by Gasteiger charge is -2.22. The minimum atomic E-state index is -0.171. The van der Waals surface area contributed by atoms with E-state index in [1.165, 1.54) is 17.3 Å². The molecule has 1 aromatic rings. The fourth-order valence-corrected chi connectivity index (χ4v) is 1.10. The first-order valence-electron chi connectivity index (χ1n) is 4.33. The monoisotopic (exact) mass is 192 g/mol. The number of nitrogens with one attached hydrogen (secondary N) is 1. The zero-order chi connectivity index (χ0) is 10.6. The van der Waals surface area contributed by atoms with Gasteiger partial charge < -0.3 is 4.90 Å². The maximum Gasteiger partial charge on any atom is 0.258 e. The summed E-state index contributed by atoms with van der Waals surface area (Å²) in [5.74, 6) is -0.171. The van der Waals surface area contributed by atoms with Gasteiger partial charge in [-0.15, -0.1) is 0 Å². The van der Waals surface area contributed by atoms with Crippen molar-refractivity contribution in [1.82, 2.24) is 15.1 Å². The van der Waals surface area contributed by atoms with Crippen molar-refractivity contribution in [3.63, 3.8) is 0 Å². The maximum atomic E-state index is 11.8. The number of nitrogens with zero attached hydrogens (tertiary/aromatic N) is 3. The number of hydrogen-bond donors (Lipinski definition) is 1. The van der Waals surface area contributed by atoms with Crippen LogP contribution in [0.2, 0.25) is 0 Å². The van der Waals surface area contributed by atoms with Crippen LogP contribution in [0.1, 0.15) is 24.2 Å². The summed E-state index contributed by atoms with van der Waals surface area (Å²) in [6, 6.07) is 1.98. The zero-order valence-electron chi connectivity index (χ0n) is 8.19. The summed E-state index contributed by atoms with van der Waals surface area (Å²) >= 11 is 0. The largest absolute Gasteiger partial charge is 0.323 e. The number of aromatic amines is 1. The van der Waals surface area contributed by atoms with Gasteiger partial charge in [-0.2, -0.15) is 10.4 Å². The van der Waals surface area contributed by atoms with E-state index in [4.69, 9.17) is 5.26 Å². The third-order valence-corrected chi connectivity index (χ3v) is 1.87. The van der Waals surface area contributed by atoms with Gasteiger partial charge in [0.25, 0.3) is 5.91 Å². The summed E-state index contributed by atoms with van der Waals surface area (Å²) in [5.41, 5.74) is 0.481. The average molecular weight is 192 g/mol. The SMILES string of the molecule is CC(C)N(CC#N)C(=O)c1cn[nH]c1. The number of nitriles is 1. The van der Waals surface area contributed by atoms with Crippen molar-refractivity contribution in [1.29, 1.82) is 5.26 Å². The first-order valence-corrected chi connectivity index (χ1v) is 4.33. The molecule has 0 spiro atoms. The molecule has 14 heavy (non-hydrogen) atoms.